The fourth-order valence-corrected chi connectivity index (χ4v) is 2.87. The number of imide groups is 1. The SMILES string of the molecule is CON(C(=O)N(C)C(=O)Oc1cccc2c1OC(C)(C)C2)S(N)(=O)=O. The monoisotopic (exact) mass is 373 g/mol. The van der Waals surface area contributed by atoms with Gasteiger partial charge in [0.1, 0.15) is 5.60 Å². The summed E-state index contributed by atoms with van der Waals surface area (Å²) in [6, 6.07) is 3.69. The van der Waals surface area contributed by atoms with Gasteiger partial charge in [-0.3, -0.25) is 4.84 Å². The molecule has 1 aliphatic rings. The van der Waals surface area contributed by atoms with Crippen LogP contribution in [0.3, 0.4) is 0 Å². The van der Waals surface area contributed by atoms with Crippen LogP contribution in [0.25, 0.3) is 0 Å². The summed E-state index contributed by atoms with van der Waals surface area (Å²) in [6.45, 7) is 3.77. The van der Waals surface area contributed by atoms with Crippen molar-refractivity contribution in [3.63, 3.8) is 0 Å². The number of rotatable bonds is 3. The molecule has 1 aliphatic heterocycles. The highest BCUT2D eigenvalue weighted by atomic mass is 32.2. The van der Waals surface area contributed by atoms with Crippen LogP contribution >= 0.6 is 0 Å². The highest BCUT2D eigenvalue weighted by Crippen LogP contribution is 2.41. The molecule has 0 bridgehead atoms. The van der Waals surface area contributed by atoms with Crippen molar-refractivity contribution in [1.29, 1.82) is 0 Å². The molecule has 1 aromatic rings. The van der Waals surface area contributed by atoms with Gasteiger partial charge in [-0.2, -0.15) is 8.42 Å². The fourth-order valence-electron chi connectivity index (χ4n) is 2.32. The number of carbonyl (C=O) groups is 2. The van der Waals surface area contributed by atoms with Gasteiger partial charge in [0.2, 0.25) is 0 Å². The molecule has 2 rings (SSSR count). The molecule has 0 unspecified atom stereocenters. The predicted molar refractivity (Wildman–Crippen MR) is 86.0 cm³/mol. The van der Waals surface area contributed by atoms with E-state index in [0.717, 1.165) is 19.7 Å². The molecule has 0 aromatic heterocycles. The Hall–Kier alpha value is -2.37. The Kier molecular flexibility index (Phi) is 4.93. The zero-order valence-electron chi connectivity index (χ0n) is 14.2. The van der Waals surface area contributed by atoms with Crippen molar-refractivity contribution in [2.75, 3.05) is 14.2 Å². The highest BCUT2D eigenvalue weighted by molar-refractivity contribution is 7.87. The first-order valence-corrected chi connectivity index (χ1v) is 8.64. The summed E-state index contributed by atoms with van der Waals surface area (Å²) < 4.78 is 33.3. The summed E-state index contributed by atoms with van der Waals surface area (Å²) in [5.41, 5.74) is 0.403. The van der Waals surface area contributed by atoms with Crippen molar-refractivity contribution in [1.82, 2.24) is 9.37 Å². The van der Waals surface area contributed by atoms with Crippen molar-refractivity contribution in [2.45, 2.75) is 25.9 Å². The quantitative estimate of drug-likeness (QED) is 0.783. The van der Waals surface area contributed by atoms with Crippen molar-refractivity contribution in [3.05, 3.63) is 23.8 Å². The lowest BCUT2D eigenvalue weighted by Gasteiger charge is -2.22. The van der Waals surface area contributed by atoms with E-state index in [1.165, 1.54) is 6.07 Å². The van der Waals surface area contributed by atoms with Crippen molar-refractivity contribution >= 4 is 22.3 Å². The van der Waals surface area contributed by atoms with Gasteiger partial charge in [0, 0.05) is 19.0 Å². The molecule has 0 fully saturated rings. The number of hydrogen-bond donors (Lipinski definition) is 1. The van der Waals surface area contributed by atoms with Crippen molar-refractivity contribution in [2.24, 2.45) is 5.14 Å². The Labute approximate surface area is 145 Å². The van der Waals surface area contributed by atoms with Gasteiger partial charge in [-0.1, -0.05) is 16.6 Å². The molecule has 1 heterocycles. The number of nitrogens with zero attached hydrogens (tertiary/aromatic N) is 2. The number of para-hydroxylation sites is 1. The number of carbonyl (C=O) groups excluding carboxylic acids is 2. The van der Waals surface area contributed by atoms with Gasteiger partial charge in [-0.05, 0) is 19.9 Å². The van der Waals surface area contributed by atoms with Gasteiger partial charge in [0.25, 0.3) is 0 Å². The maximum atomic E-state index is 12.2. The molecular weight excluding hydrogens is 354 g/mol. The van der Waals surface area contributed by atoms with Crippen molar-refractivity contribution < 1.29 is 32.3 Å². The largest absolute Gasteiger partial charge is 0.483 e. The minimum atomic E-state index is -4.50. The maximum Gasteiger partial charge on any atom is 0.423 e. The Morgan fingerprint density at radius 2 is 1.96 bits per heavy atom. The normalized spacial score (nSPS) is 15.1. The van der Waals surface area contributed by atoms with Crippen LogP contribution in [-0.4, -0.2) is 49.7 Å². The summed E-state index contributed by atoms with van der Waals surface area (Å²) >= 11 is 0. The molecule has 0 spiro atoms. The predicted octanol–water partition coefficient (Wildman–Crippen LogP) is 1.02. The molecule has 0 saturated carbocycles. The average Bonchev–Trinajstić information content (AvgIpc) is 2.80. The summed E-state index contributed by atoms with van der Waals surface area (Å²) in [5, 5.41) is 4.84. The summed E-state index contributed by atoms with van der Waals surface area (Å²) in [4.78, 5) is 29.0. The van der Waals surface area contributed by atoms with E-state index >= 15 is 0 Å². The Bertz CT molecular complexity index is 807. The van der Waals surface area contributed by atoms with E-state index in [4.69, 9.17) is 14.6 Å². The zero-order chi connectivity index (χ0) is 19.0. The number of ether oxygens (including phenoxy) is 2. The third kappa shape index (κ3) is 4.00. The molecule has 0 atom stereocenters. The van der Waals surface area contributed by atoms with Crippen LogP contribution in [0.4, 0.5) is 9.59 Å². The fraction of sp³-hybridized carbons (Fsp3) is 0.429. The third-order valence-electron chi connectivity index (χ3n) is 3.37. The standard InChI is InChI=1S/C14H19N3O7S/c1-14(2)8-9-6-5-7-10(11(9)24-14)23-13(19)16(3)12(18)17(22-4)25(15,20)21/h5-7H,8H2,1-4H3,(H2,15,20,21). The Morgan fingerprint density at radius 3 is 2.52 bits per heavy atom. The average molecular weight is 373 g/mol. The first-order valence-electron chi connectivity index (χ1n) is 7.14. The highest BCUT2D eigenvalue weighted by Gasteiger charge is 2.35. The number of benzene rings is 1. The lowest BCUT2D eigenvalue weighted by atomic mass is 10.0. The smallest absolute Gasteiger partial charge is 0.423 e. The molecule has 1 aromatic carbocycles. The number of urea groups is 1. The van der Waals surface area contributed by atoms with E-state index in [1.807, 2.05) is 19.9 Å². The minimum absolute atomic E-state index is 0.118. The summed E-state index contributed by atoms with van der Waals surface area (Å²) in [6.07, 6.45) is -0.497. The van der Waals surface area contributed by atoms with Gasteiger partial charge in [-0.25, -0.2) is 19.6 Å². The summed E-state index contributed by atoms with van der Waals surface area (Å²) in [7, 11) is -2.56. The van der Waals surface area contributed by atoms with Crippen LogP contribution in [0.1, 0.15) is 19.4 Å². The lowest BCUT2D eigenvalue weighted by molar-refractivity contribution is -0.0199. The number of amides is 3. The first kappa shape index (κ1) is 19.0. The van der Waals surface area contributed by atoms with Crippen LogP contribution in [0.2, 0.25) is 0 Å². The van der Waals surface area contributed by atoms with E-state index in [9.17, 15) is 18.0 Å². The Balaban J connectivity index is 2.19. The number of fused-ring (bicyclic) bond motifs is 1. The topological polar surface area (TPSA) is 128 Å². The molecule has 10 nitrogen and oxygen atoms in total. The second kappa shape index (κ2) is 6.50. The molecule has 2 N–H and O–H groups in total. The van der Waals surface area contributed by atoms with Gasteiger partial charge in [-0.15, -0.1) is 0 Å². The first-order chi connectivity index (χ1) is 11.5. The van der Waals surface area contributed by atoms with E-state index in [-0.39, 0.29) is 10.2 Å². The van der Waals surface area contributed by atoms with Crippen molar-refractivity contribution in [3.8, 4) is 11.5 Å². The third-order valence-corrected chi connectivity index (χ3v) is 4.13. The minimum Gasteiger partial charge on any atom is -0.483 e. The Morgan fingerprint density at radius 1 is 1.32 bits per heavy atom. The molecule has 138 valence electrons. The number of nitrogens with two attached hydrogens (primary N) is 1. The molecule has 25 heavy (non-hydrogen) atoms. The zero-order valence-corrected chi connectivity index (χ0v) is 15.0. The lowest BCUT2D eigenvalue weighted by Crippen LogP contribution is -2.49. The summed E-state index contributed by atoms with van der Waals surface area (Å²) in [5.74, 6) is 0.518. The second-order valence-corrected chi connectivity index (χ2v) is 7.31. The van der Waals surface area contributed by atoms with Crippen LogP contribution in [0.5, 0.6) is 11.5 Å². The molecule has 3 amide bonds. The van der Waals surface area contributed by atoms with Crippen LogP contribution < -0.4 is 14.6 Å². The number of hydroxylamine groups is 1. The van der Waals surface area contributed by atoms with Gasteiger partial charge in [0.15, 0.2) is 11.5 Å². The van der Waals surface area contributed by atoms with Gasteiger partial charge < -0.3 is 9.47 Å². The molecule has 0 saturated heterocycles. The maximum absolute atomic E-state index is 12.2. The van der Waals surface area contributed by atoms with E-state index in [0.29, 0.717) is 17.1 Å². The molecule has 11 heteroatoms. The molecule has 0 radical (unpaired) electrons. The number of hydrogen-bond acceptors (Lipinski definition) is 7. The van der Waals surface area contributed by atoms with Gasteiger partial charge in [0.05, 0.1) is 7.11 Å². The second-order valence-electron chi connectivity index (χ2n) is 5.95. The van der Waals surface area contributed by atoms with E-state index in [1.54, 1.807) is 6.07 Å². The van der Waals surface area contributed by atoms with Crippen LogP contribution in [0, 0.1) is 0 Å². The van der Waals surface area contributed by atoms with Gasteiger partial charge >= 0.3 is 22.3 Å². The molecular formula is C14H19N3O7S. The van der Waals surface area contributed by atoms with Crippen LogP contribution in [0.15, 0.2) is 18.2 Å². The molecule has 0 aliphatic carbocycles. The van der Waals surface area contributed by atoms with E-state index in [2.05, 4.69) is 4.84 Å². The van der Waals surface area contributed by atoms with Crippen LogP contribution in [-0.2, 0) is 21.5 Å². The van der Waals surface area contributed by atoms with E-state index < -0.39 is 27.9 Å².